The maximum Gasteiger partial charge on any atom is 0.244 e. The maximum absolute atomic E-state index is 12.8. The quantitative estimate of drug-likeness (QED) is 0.684. The van der Waals surface area contributed by atoms with Gasteiger partial charge in [0.25, 0.3) is 0 Å². The number of sulfonamides is 1. The van der Waals surface area contributed by atoms with E-state index in [4.69, 9.17) is 6.42 Å². The van der Waals surface area contributed by atoms with Crippen molar-refractivity contribution < 1.29 is 8.42 Å². The normalized spacial score (nSPS) is 17.6. The molecule has 0 aliphatic carbocycles. The molecule has 1 aliphatic rings. The first-order valence-electron chi connectivity index (χ1n) is 6.48. The van der Waals surface area contributed by atoms with Gasteiger partial charge in [0.15, 0.2) is 0 Å². The van der Waals surface area contributed by atoms with E-state index in [1.165, 1.54) is 4.31 Å². The zero-order chi connectivity index (χ0) is 15.6. The van der Waals surface area contributed by atoms with E-state index in [0.717, 1.165) is 10.0 Å². The van der Waals surface area contributed by atoms with Crippen LogP contribution in [0.15, 0.2) is 26.0 Å². The summed E-state index contributed by atoms with van der Waals surface area (Å²) in [5.41, 5.74) is 0.986. The smallest absolute Gasteiger partial charge is 0.244 e. The van der Waals surface area contributed by atoms with E-state index in [0.29, 0.717) is 42.1 Å². The molecule has 1 fully saturated rings. The van der Waals surface area contributed by atoms with E-state index in [1.54, 1.807) is 6.07 Å². The van der Waals surface area contributed by atoms with E-state index in [1.807, 2.05) is 13.0 Å². The Labute approximate surface area is 142 Å². The molecule has 1 saturated heterocycles. The Morgan fingerprint density at radius 1 is 1.19 bits per heavy atom. The molecule has 114 valence electrons. The second-order valence-corrected chi connectivity index (χ2v) is 8.53. The molecule has 4 nitrogen and oxygen atoms in total. The van der Waals surface area contributed by atoms with E-state index in [9.17, 15) is 8.42 Å². The first-order chi connectivity index (χ1) is 9.86. The fourth-order valence-corrected chi connectivity index (χ4v) is 5.28. The third kappa shape index (κ3) is 3.69. The molecule has 0 amide bonds. The first kappa shape index (κ1) is 17.0. The van der Waals surface area contributed by atoms with Crippen LogP contribution in [0.3, 0.4) is 0 Å². The highest BCUT2D eigenvalue weighted by Gasteiger charge is 2.30. The lowest BCUT2D eigenvalue weighted by Crippen LogP contribution is -2.48. The van der Waals surface area contributed by atoms with Crippen LogP contribution >= 0.6 is 31.9 Å². The van der Waals surface area contributed by atoms with Crippen molar-refractivity contribution in [3.8, 4) is 12.3 Å². The summed E-state index contributed by atoms with van der Waals surface area (Å²) in [5.74, 6) is 2.59. The van der Waals surface area contributed by atoms with Gasteiger partial charge >= 0.3 is 0 Å². The lowest BCUT2D eigenvalue weighted by Gasteiger charge is -2.33. The van der Waals surface area contributed by atoms with Gasteiger partial charge in [-0.15, -0.1) is 6.42 Å². The van der Waals surface area contributed by atoms with Gasteiger partial charge in [-0.1, -0.05) is 21.9 Å². The Kier molecular flexibility index (Phi) is 5.49. The van der Waals surface area contributed by atoms with Gasteiger partial charge in [0, 0.05) is 35.1 Å². The summed E-state index contributed by atoms with van der Waals surface area (Å²) < 4.78 is 28.4. The van der Waals surface area contributed by atoms with Crippen LogP contribution < -0.4 is 0 Å². The minimum absolute atomic E-state index is 0.297. The molecule has 21 heavy (non-hydrogen) atoms. The van der Waals surface area contributed by atoms with Crippen LogP contribution in [0.1, 0.15) is 5.56 Å². The van der Waals surface area contributed by atoms with Gasteiger partial charge in [0.2, 0.25) is 10.0 Å². The summed E-state index contributed by atoms with van der Waals surface area (Å²) in [6, 6.07) is 3.47. The number of hydrogen-bond donors (Lipinski definition) is 0. The van der Waals surface area contributed by atoms with Crippen LogP contribution in [-0.4, -0.2) is 50.3 Å². The molecule has 1 aliphatic heterocycles. The van der Waals surface area contributed by atoms with Crippen molar-refractivity contribution in [1.82, 2.24) is 9.21 Å². The van der Waals surface area contributed by atoms with Crippen molar-refractivity contribution in [3.63, 3.8) is 0 Å². The zero-order valence-electron chi connectivity index (χ0n) is 11.6. The average molecular weight is 436 g/mol. The first-order valence-corrected chi connectivity index (χ1v) is 9.50. The predicted octanol–water partition coefficient (Wildman–Crippen LogP) is 2.46. The number of terminal acetylenes is 1. The third-order valence-corrected chi connectivity index (χ3v) is 7.19. The Balaban J connectivity index is 2.24. The molecule has 0 unspecified atom stereocenters. The van der Waals surface area contributed by atoms with E-state index in [2.05, 4.69) is 42.7 Å². The van der Waals surface area contributed by atoms with Gasteiger partial charge in [0.05, 0.1) is 11.4 Å². The molecule has 7 heteroatoms. The van der Waals surface area contributed by atoms with E-state index >= 15 is 0 Å². The van der Waals surface area contributed by atoms with Gasteiger partial charge in [-0.05, 0) is 40.5 Å². The Morgan fingerprint density at radius 3 is 2.38 bits per heavy atom. The van der Waals surface area contributed by atoms with Crippen LogP contribution in [0.25, 0.3) is 0 Å². The monoisotopic (exact) mass is 434 g/mol. The molecule has 0 atom stereocenters. The van der Waals surface area contributed by atoms with Crippen LogP contribution in [0.4, 0.5) is 0 Å². The number of aryl methyl sites for hydroxylation is 1. The second-order valence-electron chi connectivity index (χ2n) is 4.92. The zero-order valence-corrected chi connectivity index (χ0v) is 15.6. The molecule has 1 aromatic carbocycles. The molecule has 0 saturated carbocycles. The highest BCUT2D eigenvalue weighted by Crippen LogP contribution is 2.31. The van der Waals surface area contributed by atoms with Crippen LogP contribution in [0, 0.1) is 19.3 Å². The van der Waals surface area contributed by atoms with E-state index < -0.39 is 10.0 Å². The Hall–Kier alpha value is -0.390. The molecule has 1 heterocycles. The lowest BCUT2D eigenvalue weighted by atomic mass is 10.2. The topological polar surface area (TPSA) is 40.6 Å². The van der Waals surface area contributed by atoms with Gasteiger partial charge in [-0.3, -0.25) is 4.90 Å². The van der Waals surface area contributed by atoms with Gasteiger partial charge in [-0.2, -0.15) is 4.31 Å². The highest BCUT2D eigenvalue weighted by molar-refractivity contribution is 9.11. The summed E-state index contributed by atoms with van der Waals surface area (Å²) in [4.78, 5) is 2.37. The van der Waals surface area contributed by atoms with Crippen molar-refractivity contribution in [2.75, 3.05) is 32.7 Å². The predicted molar refractivity (Wildman–Crippen MR) is 90.6 cm³/mol. The highest BCUT2D eigenvalue weighted by atomic mass is 79.9. The van der Waals surface area contributed by atoms with Crippen LogP contribution in [0.2, 0.25) is 0 Å². The summed E-state index contributed by atoms with van der Waals surface area (Å²) >= 11 is 6.75. The lowest BCUT2D eigenvalue weighted by molar-refractivity contribution is 0.207. The minimum Gasteiger partial charge on any atom is -0.290 e. The standard InChI is InChI=1S/C14H16Br2N2O2S/c1-3-4-17-5-7-18(8-6-17)21(19,20)14-10-12(15)11(2)9-13(14)16/h1,9-10H,4-8H2,2H3. The van der Waals surface area contributed by atoms with Crippen molar-refractivity contribution in [2.45, 2.75) is 11.8 Å². The number of nitrogens with zero attached hydrogens (tertiary/aromatic N) is 2. The summed E-state index contributed by atoms with van der Waals surface area (Å²) in [6.45, 7) is 4.73. The SMILES string of the molecule is C#CCN1CCN(S(=O)(=O)c2cc(Br)c(C)cc2Br)CC1. The Bertz CT molecular complexity index is 675. The van der Waals surface area contributed by atoms with Crippen molar-refractivity contribution in [1.29, 1.82) is 0 Å². The van der Waals surface area contributed by atoms with Crippen molar-refractivity contribution >= 4 is 41.9 Å². The largest absolute Gasteiger partial charge is 0.290 e. The number of hydrogen-bond acceptors (Lipinski definition) is 3. The molecule has 0 aromatic heterocycles. The molecule has 1 aromatic rings. The fourth-order valence-electron chi connectivity index (χ4n) is 2.22. The molecular weight excluding hydrogens is 420 g/mol. The molecule has 0 N–H and O–H groups in total. The molecular formula is C14H16Br2N2O2S. The van der Waals surface area contributed by atoms with Crippen molar-refractivity contribution in [2.24, 2.45) is 0 Å². The Morgan fingerprint density at radius 2 is 1.81 bits per heavy atom. The minimum atomic E-state index is -3.49. The summed E-state index contributed by atoms with van der Waals surface area (Å²) in [5, 5.41) is 0. The molecule has 0 bridgehead atoms. The number of piperazine rings is 1. The summed E-state index contributed by atoms with van der Waals surface area (Å²) in [6.07, 6.45) is 5.29. The van der Waals surface area contributed by atoms with Gasteiger partial charge in [-0.25, -0.2) is 8.42 Å². The number of halogens is 2. The van der Waals surface area contributed by atoms with Crippen LogP contribution in [-0.2, 0) is 10.0 Å². The maximum atomic E-state index is 12.8. The fraction of sp³-hybridized carbons (Fsp3) is 0.429. The van der Waals surface area contributed by atoms with Crippen LogP contribution in [0.5, 0.6) is 0 Å². The molecule has 0 radical (unpaired) electrons. The summed E-state index contributed by atoms with van der Waals surface area (Å²) in [7, 11) is -3.49. The molecule has 0 spiro atoms. The number of benzene rings is 1. The number of rotatable bonds is 3. The average Bonchev–Trinajstić information content (AvgIpc) is 2.43. The van der Waals surface area contributed by atoms with Gasteiger partial charge in [0.1, 0.15) is 0 Å². The van der Waals surface area contributed by atoms with Crippen molar-refractivity contribution in [3.05, 3.63) is 26.6 Å². The van der Waals surface area contributed by atoms with Gasteiger partial charge < -0.3 is 0 Å². The third-order valence-electron chi connectivity index (χ3n) is 3.48. The molecule has 2 rings (SSSR count). The second kappa shape index (κ2) is 6.80. The van der Waals surface area contributed by atoms with E-state index in [-0.39, 0.29) is 0 Å².